The zero-order valence-electron chi connectivity index (χ0n) is 14.0. The number of benzene rings is 1. The fraction of sp³-hybridized carbons (Fsp3) is 0.421. The summed E-state index contributed by atoms with van der Waals surface area (Å²) in [5.74, 6) is 1.36. The maximum Gasteiger partial charge on any atom is 0.309 e. The van der Waals surface area contributed by atoms with Crippen molar-refractivity contribution in [3.8, 4) is 0 Å². The number of hydrogen-bond donors (Lipinski definition) is 0. The Hall–Kier alpha value is -2.27. The molecule has 5 heteroatoms. The number of aromatic nitrogens is 2. The Labute approximate surface area is 142 Å². The lowest BCUT2D eigenvalue weighted by atomic mass is 9.97. The third kappa shape index (κ3) is 4.61. The van der Waals surface area contributed by atoms with Crippen LogP contribution in [0.25, 0.3) is 0 Å². The van der Waals surface area contributed by atoms with Crippen LogP contribution in [0.4, 0.5) is 0 Å². The van der Waals surface area contributed by atoms with Crippen LogP contribution in [0.2, 0.25) is 0 Å². The summed E-state index contributed by atoms with van der Waals surface area (Å²) in [6.45, 7) is 3.01. The lowest BCUT2D eigenvalue weighted by Gasteiger charge is -2.15. The van der Waals surface area contributed by atoms with Crippen LogP contribution in [0, 0.1) is 5.92 Å². The Morgan fingerprint density at radius 3 is 2.62 bits per heavy atom. The zero-order valence-corrected chi connectivity index (χ0v) is 14.0. The Kier molecular flexibility index (Phi) is 5.54. The van der Waals surface area contributed by atoms with Gasteiger partial charge in [-0.1, -0.05) is 24.3 Å². The first kappa shape index (κ1) is 16.6. The standard InChI is InChI=1S/C19H23N3O2/c1-24-19(23)12-16-5-3-15(4-6-16)11-17-7-10-22(13-17)14-18-20-8-2-9-21-18/h2-6,8-9,17H,7,10-14H2,1H3. The van der Waals surface area contributed by atoms with Crippen molar-refractivity contribution in [2.75, 3.05) is 20.2 Å². The molecule has 3 rings (SSSR count). The maximum absolute atomic E-state index is 11.3. The van der Waals surface area contributed by atoms with Gasteiger partial charge in [0.15, 0.2) is 0 Å². The largest absolute Gasteiger partial charge is 0.469 e. The number of likely N-dealkylation sites (tertiary alicyclic amines) is 1. The molecule has 1 fully saturated rings. The molecule has 126 valence electrons. The van der Waals surface area contributed by atoms with Crippen LogP contribution in [0.5, 0.6) is 0 Å². The van der Waals surface area contributed by atoms with Gasteiger partial charge in [0, 0.05) is 18.9 Å². The van der Waals surface area contributed by atoms with Gasteiger partial charge in [-0.25, -0.2) is 9.97 Å². The molecule has 1 unspecified atom stereocenters. The summed E-state index contributed by atoms with van der Waals surface area (Å²) >= 11 is 0. The molecule has 0 aliphatic carbocycles. The average molecular weight is 325 g/mol. The van der Waals surface area contributed by atoms with E-state index in [1.54, 1.807) is 12.4 Å². The van der Waals surface area contributed by atoms with Gasteiger partial charge in [-0.3, -0.25) is 9.69 Å². The van der Waals surface area contributed by atoms with E-state index in [9.17, 15) is 4.79 Å². The van der Waals surface area contributed by atoms with Gasteiger partial charge < -0.3 is 4.74 Å². The van der Waals surface area contributed by atoms with E-state index >= 15 is 0 Å². The third-order valence-corrected chi connectivity index (χ3v) is 4.48. The Morgan fingerprint density at radius 1 is 1.21 bits per heavy atom. The van der Waals surface area contributed by atoms with E-state index in [1.165, 1.54) is 19.1 Å². The fourth-order valence-electron chi connectivity index (χ4n) is 3.20. The lowest BCUT2D eigenvalue weighted by molar-refractivity contribution is -0.139. The van der Waals surface area contributed by atoms with Crippen molar-refractivity contribution in [3.05, 3.63) is 59.7 Å². The first-order valence-electron chi connectivity index (χ1n) is 8.36. The van der Waals surface area contributed by atoms with Crippen LogP contribution in [0.15, 0.2) is 42.7 Å². The van der Waals surface area contributed by atoms with Crippen molar-refractivity contribution in [1.29, 1.82) is 0 Å². The molecule has 0 N–H and O–H groups in total. The van der Waals surface area contributed by atoms with Crippen LogP contribution in [0.3, 0.4) is 0 Å². The fourth-order valence-corrected chi connectivity index (χ4v) is 3.20. The van der Waals surface area contributed by atoms with E-state index in [0.29, 0.717) is 12.3 Å². The molecule has 5 nitrogen and oxygen atoms in total. The average Bonchev–Trinajstić information content (AvgIpc) is 3.04. The first-order valence-corrected chi connectivity index (χ1v) is 8.36. The molecule has 0 spiro atoms. The number of nitrogens with zero attached hydrogens (tertiary/aromatic N) is 3. The number of esters is 1. The van der Waals surface area contributed by atoms with Gasteiger partial charge in [0.05, 0.1) is 20.1 Å². The normalized spacial score (nSPS) is 17.8. The molecule has 0 amide bonds. The molecular weight excluding hydrogens is 302 g/mol. The van der Waals surface area contributed by atoms with Crippen molar-refractivity contribution in [2.45, 2.75) is 25.8 Å². The quantitative estimate of drug-likeness (QED) is 0.763. The molecule has 24 heavy (non-hydrogen) atoms. The molecule has 2 aromatic rings. The van der Waals surface area contributed by atoms with Crippen molar-refractivity contribution < 1.29 is 9.53 Å². The topological polar surface area (TPSA) is 55.3 Å². The van der Waals surface area contributed by atoms with E-state index in [2.05, 4.69) is 27.0 Å². The molecular formula is C19H23N3O2. The summed E-state index contributed by atoms with van der Waals surface area (Å²) in [5, 5.41) is 0. The highest BCUT2D eigenvalue weighted by Gasteiger charge is 2.23. The molecule has 1 atom stereocenters. The van der Waals surface area contributed by atoms with E-state index in [0.717, 1.165) is 37.4 Å². The molecule has 1 aromatic heterocycles. The number of hydrogen-bond acceptors (Lipinski definition) is 5. The number of carbonyl (C=O) groups excluding carboxylic acids is 1. The van der Waals surface area contributed by atoms with Gasteiger partial charge in [0.1, 0.15) is 5.82 Å². The second-order valence-electron chi connectivity index (χ2n) is 6.33. The Balaban J connectivity index is 1.49. The molecule has 0 bridgehead atoms. The van der Waals surface area contributed by atoms with Crippen LogP contribution in [-0.4, -0.2) is 41.0 Å². The maximum atomic E-state index is 11.3. The summed E-state index contributed by atoms with van der Waals surface area (Å²) in [6.07, 6.45) is 6.21. The van der Waals surface area contributed by atoms with Gasteiger partial charge in [-0.15, -0.1) is 0 Å². The van der Waals surface area contributed by atoms with Gasteiger partial charge in [0.25, 0.3) is 0 Å². The highest BCUT2D eigenvalue weighted by molar-refractivity contribution is 5.72. The predicted octanol–water partition coefficient (Wildman–Crippen LogP) is 2.26. The van der Waals surface area contributed by atoms with Crippen LogP contribution in [0.1, 0.15) is 23.4 Å². The Bertz CT molecular complexity index is 658. The Morgan fingerprint density at radius 2 is 1.92 bits per heavy atom. The van der Waals surface area contributed by atoms with Crippen LogP contribution >= 0.6 is 0 Å². The molecule has 1 saturated heterocycles. The minimum Gasteiger partial charge on any atom is -0.469 e. The summed E-state index contributed by atoms with van der Waals surface area (Å²) in [6, 6.07) is 10.1. The van der Waals surface area contributed by atoms with Crippen LogP contribution in [-0.2, 0) is 28.9 Å². The third-order valence-electron chi connectivity index (χ3n) is 4.48. The number of rotatable bonds is 6. The second kappa shape index (κ2) is 8.02. The van der Waals surface area contributed by atoms with E-state index in [-0.39, 0.29) is 5.97 Å². The summed E-state index contributed by atoms with van der Waals surface area (Å²) in [5.41, 5.74) is 2.33. The molecule has 2 heterocycles. The SMILES string of the molecule is COC(=O)Cc1ccc(CC2CCN(Cc3ncccn3)C2)cc1. The van der Waals surface area contributed by atoms with Crippen molar-refractivity contribution in [1.82, 2.24) is 14.9 Å². The predicted molar refractivity (Wildman–Crippen MR) is 91.3 cm³/mol. The highest BCUT2D eigenvalue weighted by atomic mass is 16.5. The monoisotopic (exact) mass is 325 g/mol. The van der Waals surface area contributed by atoms with Crippen LogP contribution < -0.4 is 0 Å². The summed E-state index contributed by atoms with van der Waals surface area (Å²) in [4.78, 5) is 22.3. The first-order chi connectivity index (χ1) is 11.7. The van der Waals surface area contributed by atoms with Gasteiger partial charge >= 0.3 is 5.97 Å². The summed E-state index contributed by atoms with van der Waals surface area (Å²) < 4.78 is 4.70. The lowest BCUT2D eigenvalue weighted by Crippen LogP contribution is -2.21. The molecule has 0 radical (unpaired) electrons. The molecule has 1 aliphatic heterocycles. The van der Waals surface area contributed by atoms with Crippen molar-refractivity contribution in [3.63, 3.8) is 0 Å². The van der Waals surface area contributed by atoms with Crippen molar-refractivity contribution >= 4 is 5.97 Å². The van der Waals surface area contributed by atoms with E-state index < -0.39 is 0 Å². The minimum absolute atomic E-state index is 0.197. The van der Waals surface area contributed by atoms with Gasteiger partial charge in [0.2, 0.25) is 0 Å². The minimum atomic E-state index is -0.197. The van der Waals surface area contributed by atoms with E-state index in [1.807, 2.05) is 18.2 Å². The van der Waals surface area contributed by atoms with Gasteiger partial charge in [-0.2, -0.15) is 0 Å². The smallest absolute Gasteiger partial charge is 0.309 e. The summed E-state index contributed by atoms with van der Waals surface area (Å²) in [7, 11) is 1.42. The van der Waals surface area contributed by atoms with E-state index in [4.69, 9.17) is 4.74 Å². The number of methoxy groups -OCH3 is 1. The van der Waals surface area contributed by atoms with Crippen molar-refractivity contribution in [2.24, 2.45) is 5.92 Å². The molecule has 1 aromatic carbocycles. The highest BCUT2D eigenvalue weighted by Crippen LogP contribution is 2.22. The number of carbonyl (C=O) groups is 1. The molecule has 1 aliphatic rings. The number of ether oxygens (including phenoxy) is 1. The van der Waals surface area contributed by atoms with Gasteiger partial charge in [-0.05, 0) is 42.5 Å². The molecule has 0 saturated carbocycles. The second-order valence-corrected chi connectivity index (χ2v) is 6.33. The zero-order chi connectivity index (χ0) is 16.8.